The third-order valence-corrected chi connectivity index (χ3v) is 16.1. The highest BCUT2D eigenvalue weighted by Crippen LogP contribution is 2.53. The molecule has 0 saturated carbocycles. The van der Waals surface area contributed by atoms with Crippen molar-refractivity contribution < 1.29 is 0 Å². The van der Waals surface area contributed by atoms with Crippen molar-refractivity contribution in [2.45, 2.75) is 57.8 Å². The molecule has 3 aliphatic rings. The summed E-state index contributed by atoms with van der Waals surface area (Å²) in [6.07, 6.45) is 16.4. The van der Waals surface area contributed by atoms with E-state index in [1.165, 1.54) is 89.0 Å². The summed E-state index contributed by atoms with van der Waals surface area (Å²) >= 11 is 0. The first-order valence-corrected chi connectivity index (χ1v) is 25.9. The van der Waals surface area contributed by atoms with Crippen LogP contribution < -0.4 is 9.80 Å². The number of fused-ring (bicyclic) bond motifs is 9. The molecule has 0 amide bonds. The summed E-state index contributed by atoms with van der Waals surface area (Å²) in [4.78, 5) is 23.1. The van der Waals surface area contributed by atoms with Crippen LogP contribution in [0.2, 0.25) is 0 Å². The summed E-state index contributed by atoms with van der Waals surface area (Å²) in [5, 5.41) is 0. The van der Waals surface area contributed by atoms with Crippen molar-refractivity contribution >= 4 is 59.0 Å². The molecule has 6 aromatic carbocycles. The van der Waals surface area contributed by atoms with Crippen molar-refractivity contribution in [3.8, 4) is 33.4 Å². The second-order valence-corrected chi connectivity index (χ2v) is 21.6. The molecule has 0 saturated heterocycles. The summed E-state index contributed by atoms with van der Waals surface area (Å²) in [6, 6.07) is 65.4. The van der Waals surface area contributed by atoms with Crippen LogP contribution in [0.1, 0.15) is 97.2 Å². The number of anilines is 6. The van der Waals surface area contributed by atoms with Gasteiger partial charge in [0.1, 0.15) is 23.3 Å². The molecule has 362 valence electrons. The molecule has 4 heterocycles. The van der Waals surface area contributed by atoms with Gasteiger partial charge in [-0.3, -0.25) is 9.80 Å². The van der Waals surface area contributed by atoms with Crippen LogP contribution in [0.3, 0.4) is 0 Å². The SMILES string of the molecule is CC1(C)c2cc(/C=C/c3ccc4c(c3)C(C)(C)c3cc(N(c5ccccn5)c5ccccn5)ccc3-4)ccc2-c2ccc(/C=C/c3ccc4c(c3)C(C)(C)c3cc(N(c5ccccn5)c5ccccn5)ccc3-4)cc21. The summed E-state index contributed by atoms with van der Waals surface area (Å²) in [5.41, 5.74) is 22.0. The molecule has 0 aliphatic heterocycles. The number of pyridine rings is 4. The van der Waals surface area contributed by atoms with Gasteiger partial charge < -0.3 is 0 Å². The minimum Gasteiger partial charge on any atom is -0.279 e. The van der Waals surface area contributed by atoms with E-state index in [0.29, 0.717) is 0 Å². The molecule has 0 spiro atoms. The summed E-state index contributed by atoms with van der Waals surface area (Å²) < 4.78 is 0. The fourth-order valence-corrected chi connectivity index (χ4v) is 12.0. The van der Waals surface area contributed by atoms with E-state index in [-0.39, 0.29) is 16.2 Å². The number of aromatic nitrogens is 4. The van der Waals surface area contributed by atoms with Crippen molar-refractivity contribution in [2.24, 2.45) is 0 Å². The average Bonchev–Trinajstić information content (AvgIpc) is 4.05. The Kier molecular flexibility index (Phi) is 10.8. The van der Waals surface area contributed by atoms with Gasteiger partial charge in [-0.05, 0) is 162 Å². The Bertz CT molecular complexity index is 3580. The first kappa shape index (κ1) is 45.8. The van der Waals surface area contributed by atoms with Crippen LogP contribution in [0, 0.1) is 0 Å². The summed E-state index contributed by atoms with van der Waals surface area (Å²) in [7, 11) is 0. The lowest BCUT2D eigenvalue weighted by Gasteiger charge is -2.26. The molecule has 13 rings (SSSR count). The van der Waals surface area contributed by atoms with Gasteiger partial charge in [-0.15, -0.1) is 0 Å². The largest absolute Gasteiger partial charge is 0.279 e. The molecular weight excluding hydrogens is 913 g/mol. The van der Waals surface area contributed by atoms with Crippen LogP contribution in [0.15, 0.2) is 207 Å². The Labute approximate surface area is 440 Å². The van der Waals surface area contributed by atoms with Crippen LogP contribution in [0.4, 0.5) is 34.6 Å². The quantitative estimate of drug-likeness (QED) is 0.127. The topological polar surface area (TPSA) is 58.0 Å². The third kappa shape index (κ3) is 7.70. The predicted octanol–water partition coefficient (Wildman–Crippen LogP) is 17.5. The average molecular weight is 969 g/mol. The molecule has 0 atom stereocenters. The van der Waals surface area contributed by atoms with E-state index in [9.17, 15) is 0 Å². The molecule has 4 aromatic heterocycles. The lowest BCUT2D eigenvalue weighted by atomic mass is 9.81. The lowest BCUT2D eigenvalue weighted by Crippen LogP contribution is -2.17. The van der Waals surface area contributed by atoms with Crippen LogP contribution in [-0.4, -0.2) is 19.9 Å². The smallest absolute Gasteiger partial charge is 0.138 e. The number of nitrogens with zero attached hydrogens (tertiary/aromatic N) is 6. The Morgan fingerprint density at radius 1 is 0.280 bits per heavy atom. The van der Waals surface area contributed by atoms with Gasteiger partial charge in [0.25, 0.3) is 0 Å². The second kappa shape index (κ2) is 17.6. The zero-order valence-corrected chi connectivity index (χ0v) is 43.1. The Morgan fingerprint density at radius 3 is 0.760 bits per heavy atom. The van der Waals surface area contributed by atoms with Crippen LogP contribution >= 0.6 is 0 Å². The van der Waals surface area contributed by atoms with Gasteiger partial charge in [-0.2, -0.15) is 0 Å². The van der Waals surface area contributed by atoms with E-state index < -0.39 is 0 Å². The Hall–Kier alpha value is -9.00. The zero-order valence-electron chi connectivity index (χ0n) is 43.1. The summed E-state index contributed by atoms with van der Waals surface area (Å²) in [6.45, 7) is 14.1. The maximum atomic E-state index is 4.72. The fraction of sp³-hybridized carbons (Fsp3) is 0.130. The van der Waals surface area contributed by atoms with E-state index in [1.54, 1.807) is 0 Å². The van der Waals surface area contributed by atoms with E-state index >= 15 is 0 Å². The Morgan fingerprint density at radius 2 is 0.520 bits per heavy atom. The van der Waals surface area contributed by atoms with E-state index in [2.05, 4.69) is 185 Å². The van der Waals surface area contributed by atoms with Gasteiger partial charge in [-0.1, -0.05) is 175 Å². The molecular formula is C69H56N6. The van der Waals surface area contributed by atoms with Gasteiger partial charge in [0, 0.05) is 52.4 Å². The zero-order chi connectivity index (χ0) is 51.1. The van der Waals surface area contributed by atoms with Crippen molar-refractivity contribution in [3.05, 3.63) is 262 Å². The minimum absolute atomic E-state index is 0.158. The fourth-order valence-electron chi connectivity index (χ4n) is 12.0. The predicted molar refractivity (Wildman–Crippen MR) is 310 cm³/mol. The molecule has 3 aliphatic carbocycles. The highest BCUT2D eigenvalue weighted by atomic mass is 15.2. The molecule has 10 aromatic rings. The van der Waals surface area contributed by atoms with Crippen LogP contribution in [0.25, 0.3) is 57.7 Å². The lowest BCUT2D eigenvalue weighted by molar-refractivity contribution is 0.660. The molecule has 6 nitrogen and oxygen atoms in total. The normalized spacial score (nSPS) is 14.7. The standard InChI is InChI=1S/C69H56N6/c1-67(2)57-39-45(19-21-47-25-31-53-55-33-27-49(43-61(55)68(3,4)59(53)41-47)74(63-15-7-11-35-70-63)64-16-8-12-36-71-64)23-29-51(57)52-30-24-46(40-58(52)67)20-22-48-26-32-54-56-34-28-50(44-62(56)69(5,6)60(54)42-48)75(65-17-9-13-37-72-65)66-18-10-14-38-73-66/h7-44H,1-6H3/b21-19+,22-20+. The molecule has 75 heavy (non-hydrogen) atoms. The van der Waals surface area contributed by atoms with E-state index in [0.717, 1.165) is 34.6 Å². The van der Waals surface area contributed by atoms with Crippen molar-refractivity contribution in [1.29, 1.82) is 0 Å². The van der Waals surface area contributed by atoms with E-state index in [1.807, 2.05) is 97.6 Å². The molecule has 6 heteroatoms. The number of hydrogen-bond donors (Lipinski definition) is 0. The van der Waals surface area contributed by atoms with Gasteiger partial charge in [0.15, 0.2) is 0 Å². The molecule has 0 radical (unpaired) electrons. The van der Waals surface area contributed by atoms with Gasteiger partial charge >= 0.3 is 0 Å². The van der Waals surface area contributed by atoms with Gasteiger partial charge in [-0.25, -0.2) is 19.9 Å². The van der Waals surface area contributed by atoms with Crippen LogP contribution in [0.5, 0.6) is 0 Å². The molecule has 0 unspecified atom stereocenters. The Balaban J connectivity index is 0.731. The molecule has 0 N–H and O–H groups in total. The minimum atomic E-state index is -0.205. The highest BCUT2D eigenvalue weighted by Gasteiger charge is 2.39. The molecule has 0 fully saturated rings. The van der Waals surface area contributed by atoms with Gasteiger partial charge in [0.2, 0.25) is 0 Å². The summed E-state index contributed by atoms with van der Waals surface area (Å²) in [5.74, 6) is 3.33. The third-order valence-electron chi connectivity index (χ3n) is 16.1. The monoisotopic (exact) mass is 968 g/mol. The number of rotatable bonds is 10. The maximum absolute atomic E-state index is 4.72. The highest BCUT2D eigenvalue weighted by molar-refractivity contribution is 5.89. The van der Waals surface area contributed by atoms with E-state index in [4.69, 9.17) is 19.9 Å². The number of benzene rings is 6. The van der Waals surface area contributed by atoms with Crippen molar-refractivity contribution in [1.82, 2.24) is 19.9 Å². The maximum Gasteiger partial charge on any atom is 0.138 e. The van der Waals surface area contributed by atoms with Gasteiger partial charge in [0.05, 0.1) is 0 Å². The molecule has 0 bridgehead atoms. The van der Waals surface area contributed by atoms with Crippen LogP contribution in [-0.2, 0) is 16.2 Å². The first-order valence-electron chi connectivity index (χ1n) is 25.9. The van der Waals surface area contributed by atoms with Crippen molar-refractivity contribution in [2.75, 3.05) is 9.80 Å². The number of hydrogen-bond acceptors (Lipinski definition) is 6. The second-order valence-electron chi connectivity index (χ2n) is 21.6. The van der Waals surface area contributed by atoms with Crippen molar-refractivity contribution in [3.63, 3.8) is 0 Å². The first-order chi connectivity index (χ1) is 36.4.